The fraction of sp³-hybridized carbons (Fsp3) is 0.556. The van der Waals surface area contributed by atoms with Crippen molar-refractivity contribution in [3.63, 3.8) is 0 Å². The molecule has 0 atom stereocenters. The molecule has 0 aromatic carbocycles. The molecule has 1 aromatic heterocycles. The molecule has 2 N–H and O–H groups in total. The van der Waals surface area contributed by atoms with Gasteiger partial charge in [0.25, 0.3) is 0 Å². The zero-order chi connectivity index (χ0) is 9.52. The van der Waals surface area contributed by atoms with Gasteiger partial charge in [0, 0.05) is 12.2 Å². The van der Waals surface area contributed by atoms with Crippen LogP contribution in [0.2, 0.25) is 0 Å². The summed E-state index contributed by atoms with van der Waals surface area (Å²) in [6, 6.07) is 4.05. The van der Waals surface area contributed by atoms with Crippen molar-refractivity contribution in [3.8, 4) is 0 Å². The molecule has 0 saturated carbocycles. The van der Waals surface area contributed by atoms with Gasteiger partial charge in [-0.2, -0.15) is 11.8 Å². The van der Waals surface area contributed by atoms with E-state index in [0.717, 1.165) is 29.4 Å². The Labute approximate surface area is 82.6 Å². The molecule has 74 valence electrons. The Balaban J connectivity index is 2.20. The zero-order valence-electron chi connectivity index (χ0n) is 7.79. The number of aryl methyl sites for hydroxylation is 1. The SMILES string of the molecule is CCc1ccc(CSCCON)o1. The Morgan fingerprint density at radius 3 is 2.85 bits per heavy atom. The molecule has 0 saturated heterocycles. The summed E-state index contributed by atoms with van der Waals surface area (Å²) in [4.78, 5) is 4.45. The van der Waals surface area contributed by atoms with Crippen LogP contribution in [0, 0.1) is 0 Å². The highest BCUT2D eigenvalue weighted by atomic mass is 32.2. The summed E-state index contributed by atoms with van der Waals surface area (Å²) < 4.78 is 5.52. The molecule has 4 heteroatoms. The van der Waals surface area contributed by atoms with Crippen LogP contribution >= 0.6 is 11.8 Å². The lowest BCUT2D eigenvalue weighted by molar-refractivity contribution is 0.155. The Morgan fingerprint density at radius 1 is 1.46 bits per heavy atom. The molecule has 0 aliphatic heterocycles. The molecule has 0 bridgehead atoms. The van der Waals surface area contributed by atoms with E-state index in [0.29, 0.717) is 6.61 Å². The van der Waals surface area contributed by atoms with Gasteiger partial charge in [-0.15, -0.1) is 0 Å². The lowest BCUT2D eigenvalue weighted by atomic mass is 10.4. The first-order valence-electron chi connectivity index (χ1n) is 4.33. The van der Waals surface area contributed by atoms with Crippen LogP contribution in [0.5, 0.6) is 0 Å². The van der Waals surface area contributed by atoms with Crippen molar-refractivity contribution in [2.45, 2.75) is 19.1 Å². The first-order chi connectivity index (χ1) is 6.36. The van der Waals surface area contributed by atoms with Gasteiger partial charge in [0.05, 0.1) is 12.4 Å². The second-order valence-corrected chi connectivity index (χ2v) is 3.75. The molecule has 0 radical (unpaired) electrons. The van der Waals surface area contributed by atoms with Crippen LogP contribution in [0.25, 0.3) is 0 Å². The summed E-state index contributed by atoms with van der Waals surface area (Å²) in [6.45, 7) is 2.67. The van der Waals surface area contributed by atoms with Crippen molar-refractivity contribution >= 4 is 11.8 Å². The van der Waals surface area contributed by atoms with E-state index in [1.807, 2.05) is 12.1 Å². The number of nitrogens with two attached hydrogens (primary N) is 1. The van der Waals surface area contributed by atoms with E-state index in [2.05, 4.69) is 11.8 Å². The van der Waals surface area contributed by atoms with E-state index in [1.165, 1.54) is 0 Å². The van der Waals surface area contributed by atoms with Gasteiger partial charge in [0.2, 0.25) is 0 Å². The van der Waals surface area contributed by atoms with Crippen LogP contribution in [0.15, 0.2) is 16.5 Å². The number of hydrogen-bond acceptors (Lipinski definition) is 4. The highest BCUT2D eigenvalue weighted by Crippen LogP contribution is 2.15. The minimum Gasteiger partial charge on any atom is -0.465 e. The largest absolute Gasteiger partial charge is 0.465 e. The Bertz CT molecular complexity index is 237. The van der Waals surface area contributed by atoms with Gasteiger partial charge in [0.15, 0.2) is 0 Å². The predicted molar refractivity (Wildman–Crippen MR) is 54.4 cm³/mol. The van der Waals surface area contributed by atoms with Crippen LogP contribution in [-0.2, 0) is 17.0 Å². The number of furan rings is 1. The number of thioether (sulfide) groups is 1. The van der Waals surface area contributed by atoms with E-state index >= 15 is 0 Å². The zero-order valence-corrected chi connectivity index (χ0v) is 8.60. The lowest BCUT2D eigenvalue weighted by Crippen LogP contribution is -2.02. The first kappa shape index (κ1) is 10.6. The highest BCUT2D eigenvalue weighted by Gasteiger charge is 1.99. The Morgan fingerprint density at radius 2 is 2.23 bits per heavy atom. The summed E-state index contributed by atoms with van der Waals surface area (Å²) in [6.07, 6.45) is 0.955. The van der Waals surface area contributed by atoms with Crippen molar-refractivity contribution in [1.29, 1.82) is 0 Å². The Hall–Kier alpha value is -0.450. The summed E-state index contributed by atoms with van der Waals surface area (Å²) in [5, 5.41) is 0. The molecule has 1 rings (SSSR count). The van der Waals surface area contributed by atoms with E-state index in [1.54, 1.807) is 11.8 Å². The molecule has 0 aliphatic carbocycles. The molecule has 13 heavy (non-hydrogen) atoms. The minimum absolute atomic E-state index is 0.589. The first-order valence-corrected chi connectivity index (χ1v) is 5.49. The smallest absolute Gasteiger partial charge is 0.114 e. The molecular formula is C9H15NO2S. The van der Waals surface area contributed by atoms with Crippen molar-refractivity contribution in [1.82, 2.24) is 0 Å². The molecule has 1 aromatic rings. The van der Waals surface area contributed by atoms with Gasteiger partial charge >= 0.3 is 0 Å². The van der Waals surface area contributed by atoms with Crippen LogP contribution in [0.3, 0.4) is 0 Å². The second kappa shape index (κ2) is 6.07. The standard InChI is InChI=1S/C9H15NO2S/c1-2-8-3-4-9(12-8)7-13-6-5-11-10/h3-4H,2,5-7,10H2,1H3. The van der Waals surface area contributed by atoms with Crippen molar-refractivity contribution in [2.24, 2.45) is 5.90 Å². The topological polar surface area (TPSA) is 48.4 Å². The van der Waals surface area contributed by atoms with Gasteiger partial charge in [0.1, 0.15) is 11.5 Å². The van der Waals surface area contributed by atoms with Gasteiger partial charge in [-0.1, -0.05) is 6.92 Å². The molecule has 0 amide bonds. The van der Waals surface area contributed by atoms with Crippen molar-refractivity contribution in [2.75, 3.05) is 12.4 Å². The maximum absolute atomic E-state index is 5.52. The maximum atomic E-state index is 5.52. The van der Waals surface area contributed by atoms with E-state index in [9.17, 15) is 0 Å². The maximum Gasteiger partial charge on any atom is 0.114 e. The average molecular weight is 201 g/mol. The molecule has 0 aliphatic rings. The average Bonchev–Trinajstić information content (AvgIpc) is 2.60. The molecule has 0 unspecified atom stereocenters. The number of rotatable bonds is 6. The summed E-state index contributed by atoms with van der Waals surface area (Å²) in [5.41, 5.74) is 0. The van der Waals surface area contributed by atoms with Crippen LogP contribution < -0.4 is 5.90 Å². The quantitative estimate of drug-likeness (QED) is 0.564. The van der Waals surface area contributed by atoms with Crippen LogP contribution in [0.1, 0.15) is 18.4 Å². The monoisotopic (exact) mass is 201 g/mol. The van der Waals surface area contributed by atoms with Gasteiger partial charge in [-0.3, -0.25) is 0 Å². The van der Waals surface area contributed by atoms with E-state index in [-0.39, 0.29) is 0 Å². The van der Waals surface area contributed by atoms with Crippen molar-refractivity contribution < 1.29 is 9.25 Å². The highest BCUT2D eigenvalue weighted by molar-refractivity contribution is 7.98. The van der Waals surface area contributed by atoms with E-state index in [4.69, 9.17) is 10.3 Å². The molecule has 0 spiro atoms. The van der Waals surface area contributed by atoms with Crippen LogP contribution in [-0.4, -0.2) is 12.4 Å². The summed E-state index contributed by atoms with van der Waals surface area (Å²) in [7, 11) is 0. The molecule has 3 nitrogen and oxygen atoms in total. The second-order valence-electron chi connectivity index (χ2n) is 2.64. The van der Waals surface area contributed by atoms with Crippen molar-refractivity contribution in [3.05, 3.63) is 23.7 Å². The molecular weight excluding hydrogens is 186 g/mol. The lowest BCUT2D eigenvalue weighted by Gasteiger charge is -1.97. The summed E-state index contributed by atoms with van der Waals surface area (Å²) >= 11 is 1.76. The van der Waals surface area contributed by atoms with Gasteiger partial charge < -0.3 is 9.25 Å². The third-order valence-electron chi connectivity index (χ3n) is 1.66. The van der Waals surface area contributed by atoms with E-state index < -0.39 is 0 Å². The molecule has 0 fully saturated rings. The number of hydrogen-bond donors (Lipinski definition) is 1. The fourth-order valence-electron chi connectivity index (χ4n) is 0.970. The fourth-order valence-corrected chi connectivity index (χ4v) is 1.68. The third kappa shape index (κ3) is 3.85. The molecule has 1 heterocycles. The minimum atomic E-state index is 0.589. The Kier molecular flexibility index (Phi) is 4.97. The van der Waals surface area contributed by atoms with Gasteiger partial charge in [-0.25, -0.2) is 5.90 Å². The predicted octanol–water partition coefficient (Wildman–Crippen LogP) is 1.97. The van der Waals surface area contributed by atoms with Crippen LogP contribution in [0.4, 0.5) is 0 Å². The van der Waals surface area contributed by atoms with Gasteiger partial charge in [-0.05, 0) is 12.1 Å². The normalized spacial score (nSPS) is 10.6. The third-order valence-corrected chi connectivity index (χ3v) is 2.60. The summed E-state index contributed by atoms with van der Waals surface area (Å²) in [5.74, 6) is 8.76.